The van der Waals surface area contributed by atoms with Crippen LogP contribution in [0.1, 0.15) is 83.3 Å². The normalized spacial score (nSPS) is 27.7. The van der Waals surface area contributed by atoms with E-state index in [9.17, 15) is 23.1 Å². The number of rotatable bonds is 6. The second-order valence-corrected chi connectivity index (χ2v) is 11.2. The number of fused-ring (bicyclic) bond motifs is 1. The van der Waals surface area contributed by atoms with Crippen LogP contribution in [0.25, 0.3) is 10.8 Å². The van der Waals surface area contributed by atoms with Gasteiger partial charge in [-0.15, -0.1) is 0 Å². The molecule has 3 atom stereocenters. The molecule has 4 rings (SSSR count). The Morgan fingerprint density at radius 1 is 1.15 bits per heavy atom. The fraction of sp³-hybridized carbons (Fsp3) is 0.607. The number of hydrogen-bond donors (Lipinski definition) is 1. The van der Waals surface area contributed by atoms with Crippen LogP contribution in [0.5, 0.6) is 5.75 Å². The summed E-state index contributed by atoms with van der Waals surface area (Å²) in [6.07, 6.45) is 0.169. The Kier molecular flexibility index (Phi) is 6.65. The Morgan fingerprint density at radius 2 is 1.79 bits per heavy atom. The van der Waals surface area contributed by atoms with E-state index >= 15 is 0 Å². The zero-order chi connectivity index (χ0) is 24.8. The van der Waals surface area contributed by atoms with Gasteiger partial charge in [-0.05, 0) is 84.1 Å². The minimum absolute atomic E-state index is 0.0221. The lowest BCUT2D eigenvalue weighted by atomic mass is 9.53. The highest BCUT2D eigenvalue weighted by Gasteiger charge is 2.51. The van der Waals surface area contributed by atoms with Gasteiger partial charge in [0.2, 0.25) is 0 Å². The van der Waals surface area contributed by atoms with Gasteiger partial charge in [0.05, 0.1) is 12.0 Å². The third kappa shape index (κ3) is 4.78. The fourth-order valence-electron chi connectivity index (χ4n) is 5.94. The molecule has 0 saturated heterocycles. The summed E-state index contributed by atoms with van der Waals surface area (Å²) in [7, 11) is 0. The van der Waals surface area contributed by atoms with Gasteiger partial charge in [0.1, 0.15) is 11.3 Å². The lowest BCUT2D eigenvalue weighted by molar-refractivity contribution is -0.159. The maximum atomic E-state index is 14.3. The van der Waals surface area contributed by atoms with Crippen molar-refractivity contribution in [2.45, 2.75) is 84.4 Å². The summed E-state index contributed by atoms with van der Waals surface area (Å²) in [5, 5.41) is 10.1. The summed E-state index contributed by atoms with van der Waals surface area (Å²) in [5.41, 5.74) is -0.157. The smallest absolute Gasteiger partial charge is 0.420 e. The van der Waals surface area contributed by atoms with Crippen molar-refractivity contribution in [1.82, 2.24) is 0 Å². The monoisotopic (exact) mass is 476 g/mol. The highest BCUT2D eigenvalue weighted by molar-refractivity contribution is 5.89. The molecule has 2 aromatic carbocycles. The summed E-state index contributed by atoms with van der Waals surface area (Å²) in [6.45, 7) is 8.14. The van der Waals surface area contributed by atoms with Crippen molar-refractivity contribution in [1.29, 1.82) is 0 Å². The Hall–Kier alpha value is -2.24. The second-order valence-electron chi connectivity index (χ2n) is 11.2. The molecule has 0 spiro atoms. The molecule has 186 valence electrons. The first-order chi connectivity index (χ1) is 15.9. The van der Waals surface area contributed by atoms with Gasteiger partial charge in [0.25, 0.3) is 0 Å². The Morgan fingerprint density at radius 3 is 2.38 bits per heavy atom. The van der Waals surface area contributed by atoms with Gasteiger partial charge in [-0.3, -0.25) is 4.79 Å². The number of aliphatic carboxylic acids is 1. The first kappa shape index (κ1) is 24.9. The standard InChI is InChI=1S/C28H35F3O3/c1-16-5-10-21(11-6-16)34-24-12-9-18-7-8-19(14-22(18)25(24)28(29,30)31)17(2)13-20-15-23(26(32)33)27(20,3)4/h7-9,12,14,16-17,20-21,23H,5-6,10-11,13,15H2,1-4H3,(H,32,33)/t16?,17-,20-,21?,23+/m0/s1. The van der Waals surface area contributed by atoms with E-state index in [0.29, 0.717) is 17.7 Å². The van der Waals surface area contributed by atoms with Gasteiger partial charge < -0.3 is 9.84 Å². The summed E-state index contributed by atoms with van der Waals surface area (Å²) >= 11 is 0. The van der Waals surface area contributed by atoms with Crippen LogP contribution in [0.3, 0.4) is 0 Å². The number of carboxylic acid groups (broad SMARTS) is 1. The number of halogens is 3. The molecule has 2 fully saturated rings. The lowest BCUT2D eigenvalue weighted by Crippen LogP contribution is -2.49. The van der Waals surface area contributed by atoms with Crippen LogP contribution in [0.4, 0.5) is 13.2 Å². The molecule has 34 heavy (non-hydrogen) atoms. The first-order valence-electron chi connectivity index (χ1n) is 12.4. The van der Waals surface area contributed by atoms with Gasteiger partial charge in [0.15, 0.2) is 0 Å². The number of ether oxygens (including phenoxy) is 1. The summed E-state index contributed by atoms with van der Waals surface area (Å²) in [6, 6.07) is 8.51. The van der Waals surface area contributed by atoms with Crippen LogP contribution in [-0.2, 0) is 11.0 Å². The number of benzene rings is 2. The summed E-state index contributed by atoms with van der Waals surface area (Å²) in [5.74, 6) is -0.364. The first-order valence-corrected chi connectivity index (χ1v) is 12.4. The highest BCUT2D eigenvalue weighted by atomic mass is 19.4. The fourth-order valence-corrected chi connectivity index (χ4v) is 5.94. The van der Waals surface area contributed by atoms with Crippen LogP contribution < -0.4 is 4.74 Å². The number of hydrogen-bond acceptors (Lipinski definition) is 2. The minimum Gasteiger partial charge on any atom is -0.490 e. The van der Waals surface area contributed by atoms with E-state index in [1.54, 1.807) is 18.2 Å². The topological polar surface area (TPSA) is 46.5 Å². The molecule has 3 nitrogen and oxygen atoms in total. The number of carboxylic acids is 1. The van der Waals surface area contributed by atoms with Crippen LogP contribution >= 0.6 is 0 Å². The highest BCUT2D eigenvalue weighted by Crippen LogP contribution is 2.55. The van der Waals surface area contributed by atoms with Gasteiger partial charge in [-0.25, -0.2) is 0 Å². The molecule has 0 aliphatic heterocycles. The number of alkyl halides is 3. The van der Waals surface area contributed by atoms with E-state index in [-0.39, 0.29) is 40.4 Å². The predicted octanol–water partition coefficient (Wildman–Crippen LogP) is 8.06. The molecule has 0 heterocycles. The van der Waals surface area contributed by atoms with Crippen LogP contribution in [0.2, 0.25) is 0 Å². The minimum atomic E-state index is -4.52. The molecule has 2 aliphatic rings. The van der Waals surface area contributed by atoms with Crippen molar-refractivity contribution in [3.63, 3.8) is 0 Å². The van der Waals surface area contributed by atoms with E-state index in [4.69, 9.17) is 4.74 Å². The van der Waals surface area contributed by atoms with Crippen LogP contribution in [0.15, 0.2) is 30.3 Å². The zero-order valence-corrected chi connectivity index (χ0v) is 20.4. The average molecular weight is 477 g/mol. The molecule has 0 aromatic heterocycles. The maximum Gasteiger partial charge on any atom is 0.420 e. The Bertz CT molecular complexity index is 1050. The van der Waals surface area contributed by atoms with Crippen molar-refractivity contribution in [3.05, 3.63) is 41.5 Å². The quantitative estimate of drug-likeness (QED) is 0.459. The maximum absolute atomic E-state index is 14.3. The molecular weight excluding hydrogens is 441 g/mol. The van der Waals surface area contributed by atoms with Crippen LogP contribution in [0, 0.1) is 23.2 Å². The van der Waals surface area contributed by atoms with Gasteiger partial charge in [0, 0.05) is 0 Å². The molecule has 0 radical (unpaired) electrons. The van der Waals surface area contributed by atoms with Crippen molar-refractivity contribution in [2.75, 3.05) is 0 Å². The van der Waals surface area contributed by atoms with Crippen molar-refractivity contribution in [3.8, 4) is 5.75 Å². The number of carbonyl (C=O) groups is 1. The molecule has 6 heteroatoms. The van der Waals surface area contributed by atoms with Crippen molar-refractivity contribution in [2.24, 2.45) is 23.2 Å². The van der Waals surface area contributed by atoms with E-state index < -0.39 is 17.7 Å². The Labute approximate surface area is 199 Å². The second kappa shape index (κ2) is 9.09. The predicted molar refractivity (Wildman–Crippen MR) is 127 cm³/mol. The van der Waals surface area contributed by atoms with E-state index in [2.05, 4.69) is 6.92 Å². The molecular formula is C28H35F3O3. The van der Waals surface area contributed by atoms with Gasteiger partial charge >= 0.3 is 12.1 Å². The van der Waals surface area contributed by atoms with E-state index in [1.165, 1.54) is 6.07 Å². The third-order valence-corrected chi connectivity index (χ3v) is 8.52. The Balaban J connectivity index is 1.62. The molecule has 0 unspecified atom stereocenters. The van der Waals surface area contributed by atoms with Gasteiger partial charge in [-0.2, -0.15) is 13.2 Å². The molecule has 0 amide bonds. The molecule has 2 aromatic rings. The van der Waals surface area contributed by atoms with Gasteiger partial charge in [-0.1, -0.05) is 52.0 Å². The zero-order valence-electron chi connectivity index (χ0n) is 20.4. The molecule has 0 bridgehead atoms. The van der Waals surface area contributed by atoms with E-state index in [0.717, 1.165) is 37.7 Å². The van der Waals surface area contributed by atoms with Crippen molar-refractivity contribution < 1.29 is 27.8 Å². The largest absolute Gasteiger partial charge is 0.490 e. The summed E-state index contributed by atoms with van der Waals surface area (Å²) in [4.78, 5) is 11.4. The molecule has 2 saturated carbocycles. The average Bonchev–Trinajstić information content (AvgIpc) is 2.76. The molecule has 2 aliphatic carbocycles. The molecule has 1 N–H and O–H groups in total. The lowest BCUT2D eigenvalue weighted by Gasteiger charge is -2.51. The SMILES string of the molecule is CC1CCC(Oc2ccc3ccc([C@@H](C)C[C@H]4C[C@H](C(=O)O)C4(C)C)cc3c2C(F)(F)F)CC1. The van der Waals surface area contributed by atoms with Crippen molar-refractivity contribution >= 4 is 16.7 Å². The van der Waals surface area contributed by atoms with Crippen LogP contribution in [-0.4, -0.2) is 17.2 Å². The van der Waals surface area contributed by atoms with E-state index in [1.807, 2.05) is 26.8 Å². The third-order valence-electron chi connectivity index (χ3n) is 8.52. The summed E-state index contributed by atoms with van der Waals surface area (Å²) < 4.78 is 48.8.